The Morgan fingerprint density at radius 1 is 1.00 bits per heavy atom. The average Bonchev–Trinajstić information content (AvgIpc) is 3.12. The summed E-state index contributed by atoms with van der Waals surface area (Å²) in [5.41, 5.74) is 5.22. The summed E-state index contributed by atoms with van der Waals surface area (Å²) in [5, 5.41) is 5.49. The highest BCUT2D eigenvalue weighted by Crippen LogP contribution is 2.38. The Kier molecular flexibility index (Phi) is 5.29. The predicted octanol–water partition coefficient (Wildman–Crippen LogP) is 4.04. The molecule has 28 heavy (non-hydrogen) atoms. The van der Waals surface area contributed by atoms with Gasteiger partial charge in [0.05, 0.1) is 32.9 Å². The van der Waals surface area contributed by atoms with Crippen LogP contribution < -0.4 is 19.6 Å². The molecule has 0 atom stereocenters. The summed E-state index contributed by atoms with van der Waals surface area (Å²) in [4.78, 5) is 11.3. The van der Waals surface area contributed by atoms with Gasteiger partial charge in [0.15, 0.2) is 17.3 Å². The number of methoxy groups -OCH3 is 3. The second-order valence-corrected chi connectivity index (χ2v) is 7.52. The molecule has 0 spiro atoms. The molecule has 3 aromatic rings. The molecule has 0 unspecified atom stereocenters. The molecule has 8 heteroatoms. The lowest BCUT2D eigenvalue weighted by Crippen LogP contribution is -2.01. The molecule has 0 radical (unpaired) electrons. The van der Waals surface area contributed by atoms with Gasteiger partial charge in [-0.05, 0) is 37.3 Å². The molecule has 1 aliphatic carbocycles. The summed E-state index contributed by atoms with van der Waals surface area (Å²) in [6.45, 7) is 0. The molecule has 1 N–H and O–H groups in total. The van der Waals surface area contributed by atoms with Crippen molar-refractivity contribution in [1.29, 1.82) is 0 Å². The zero-order valence-corrected chi connectivity index (χ0v) is 16.9. The number of nitrogens with zero attached hydrogens (tertiary/aromatic N) is 3. The number of hydrogen-bond donors (Lipinski definition) is 1. The van der Waals surface area contributed by atoms with Crippen LogP contribution in [0.3, 0.4) is 0 Å². The van der Waals surface area contributed by atoms with Crippen molar-refractivity contribution in [3.63, 3.8) is 0 Å². The molecule has 0 aliphatic heterocycles. The molecule has 146 valence electrons. The molecule has 0 fully saturated rings. The van der Waals surface area contributed by atoms with Crippen LogP contribution in [0.25, 0.3) is 10.2 Å². The van der Waals surface area contributed by atoms with Crippen LogP contribution in [-0.2, 0) is 12.8 Å². The van der Waals surface area contributed by atoms with E-state index >= 15 is 0 Å². The highest BCUT2D eigenvalue weighted by atomic mass is 32.1. The lowest BCUT2D eigenvalue weighted by molar-refractivity contribution is 0.349. The standard InChI is InChI=1S/C20H22N4O3S/c1-25-14-9-16(27-3)15(26-2)8-12(14)10-23-24-19-18-13-6-4-5-7-17(13)28-20(18)22-11-21-19/h8-11H,4-7H2,1-3H3,(H,21,22,24)/b23-10+. The minimum Gasteiger partial charge on any atom is -0.496 e. The summed E-state index contributed by atoms with van der Waals surface area (Å²) >= 11 is 1.77. The van der Waals surface area contributed by atoms with Crippen molar-refractivity contribution in [3.8, 4) is 17.2 Å². The fourth-order valence-electron chi connectivity index (χ4n) is 3.49. The van der Waals surface area contributed by atoms with Crippen LogP contribution in [0.1, 0.15) is 28.8 Å². The third-order valence-electron chi connectivity index (χ3n) is 4.86. The van der Waals surface area contributed by atoms with Gasteiger partial charge in [0.25, 0.3) is 0 Å². The Bertz CT molecular complexity index is 1030. The third-order valence-corrected chi connectivity index (χ3v) is 6.06. The lowest BCUT2D eigenvalue weighted by Gasteiger charge is -2.12. The topological polar surface area (TPSA) is 77.9 Å². The van der Waals surface area contributed by atoms with Gasteiger partial charge in [-0.2, -0.15) is 5.10 Å². The smallest absolute Gasteiger partial charge is 0.164 e. The molecule has 1 aliphatic rings. The van der Waals surface area contributed by atoms with Crippen molar-refractivity contribution in [3.05, 3.63) is 34.5 Å². The van der Waals surface area contributed by atoms with Gasteiger partial charge < -0.3 is 14.2 Å². The van der Waals surface area contributed by atoms with Gasteiger partial charge in [-0.3, -0.25) is 5.43 Å². The van der Waals surface area contributed by atoms with E-state index in [2.05, 4.69) is 20.5 Å². The quantitative estimate of drug-likeness (QED) is 0.499. The number of nitrogens with one attached hydrogen (secondary N) is 1. The predicted molar refractivity (Wildman–Crippen MR) is 111 cm³/mol. The first-order valence-electron chi connectivity index (χ1n) is 9.09. The maximum Gasteiger partial charge on any atom is 0.164 e. The van der Waals surface area contributed by atoms with Crippen LogP contribution in [0, 0.1) is 0 Å². The number of fused-ring (bicyclic) bond motifs is 3. The van der Waals surface area contributed by atoms with E-state index in [1.807, 2.05) is 6.07 Å². The van der Waals surface area contributed by atoms with Crippen molar-refractivity contribution in [2.24, 2.45) is 5.10 Å². The van der Waals surface area contributed by atoms with E-state index in [0.717, 1.165) is 34.4 Å². The van der Waals surface area contributed by atoms with Gasteiger partial charge in [-0.1, -0.05) is 0 Å². The number of thiophene rings is 1. The summed E-state index contributed by atoms with van der Waals surface area (Å²) < 4.78 is 16.1. The van der Waals surface area contributed by atoms with Gasteiger partial charge in [0.2, 0.25) is 0 Å². The van der Waals surface area contributed by atoms with Crippen LogP contribution in [-0.4, -0.2) is 37.5 Å². The summed E-state index contributed by atoms with van der Waals surface area (Å²) in [6.07, 6.45) is 7.92. The number of hydrogen-bond acceptors (Lipinski definition) is 8. The summed E-state index contributed by atoms with van der Waals surface area (Å²) in [7, 11) is 4.80. The molecule has 0 saturated carbocycles. The molecule has 0 saturated heterocycles. The van der Waals surface area contributed by atoms with Crippen LogP contribution in [0.4, 0.5) is 5.82 Å². The number of benzene rings is 1. The minimum atomic E-state index is 0.604. The molecule has 7 nitrogen and oxygen atoms in total. The Hall–Kier alpha value is -2.87. The van der Waals surface area contributed by atoms with Gasteiger partial charge in [-0.25, -0.2) is 9.97 Å². The van der Waals surface area contributed by atoms with E-state index in [4.69, 9.17) is 14.2 Å². The first-order valence-corrected chi connectivity index (χ1v) is 9.91. The van der Waals surface area contributed by atoms with Crippen molar-refractivity contribution in [2.45, 2.75) is 25.7 Å². The maximum atomic E-state index is 5.44. The number of anilines is 1. The van der Waals surface area contributed by atoms with Crippen molar-refractivity contribution in [1.82, 2.24) is 9.97 Å². The average molecular weight is 398 g/mol. The maximum absolute atomic E-state index is 5.44. The number of hydrazone groups is 1. The number of rotatable bonds is 6. The SMILES string of the molecule is COc1cc(OC)c(OC)cc1/C=N/Nc1ncnc2sc3c(c12)CCCC3. The zero-order valence-electron chi connectivity index (χ0n) is 16.1. The molecule has 0 bridgehead atoms. The van der Waals surface area contributed by atoms with Gasteiger partial charge in [-0.15, -0.1) is 11.3 Å². The zero-order chi connectivity index (χ0) is 19.5. The largest absolute Gasteiger partial charge is 0.496 e. The number of aromatic nitrogens is 2. The van der Waals surface area contributed by atoms with Crippen molar-refractivity contribution in [2.75, 3.05) is 26.8 Å². The Morgan fingerprint density at radius 3 is 2.54 bits per heavy atom. The van der Waals surface area contributed by atoms with E-state index in [0.29, 0.717) is 17.2 Å². The Labute approximate surface area is 167 Å². The normalized spacial score (nSPS) is 13.5. The number of ether oxygens (including phenoxy) is 3. The molecular weight excluding hydrogens is 376 g/mol. The summed E-state index contributed by atoms with van der Waals surface area (Å²) in [6, 6.07) is 3.60. The number of aryl methyl sites for hydroxylation is 2. The molecule has 0 amide bonds. The first-order chi connectivity index (χ1) is 13.7. The molecule has 1 aromatic carbocycles. The monoisotopic (exact) mass is 398 g/mol. The van der Waals surface area contributed by atoms with Crippen LogP contribution in [0.5, 0.6) is 17.2 Å². The lowest BCUT2D eigenvalue weighted by atomic mass is 9.97. The molecular formula is C20H22N4O3S. The fourth-order valence-corrected chi connectivity index (χ4v) is 4.72. The van der Waals surface area contributed by atoms with E-state index in [-0.39, 0.29) is 0 Å². The highest BCUT2D eigenvalue weighted by molar-refractivity contribution is 7.19. The van der Waals surface area contributed by atoms with Crippen molar-refractivity contribution >= 4 is 33.6 Å². The second kappa shape index (κ2) is 8.02. The van der Waals surface area contributed by atoms with E-state index in [1.54, 1.807) is 51.3 Å². The summed E-state index contributed by atoms with van der Waals surface area (Å²) in [5.74, 6) is 2.59. The van der Waals surface area contributed by atoms with Crippen LogP contribution in [0.15, 0.2) is 23.6 Å². The van der Waals surface area contributed by atoms with Gasteiger partial charge in [0.1, 0.15) is 16.9 Å². The first kappa shape index (κ1) is 18.5. The minimum absolute atomic E-state index is 0.604. The van der Waals surface area contributed by atoms with Crippen LogP contribution in [0.2, 0.25) is 0 Å². The third kappa shape index (κ3) is 3.35. The molecule has 2 heterocycles. The Balaban J connectivity index is 1.65. The van der Waals surface area contributed by atoms with Gasteiger partial charge >= 0.3 is 0 Å². The highest BCUT2D eigenvalue weighted by Gasteiger charge is 2.19. The van der Waals surface area contributed by atoms with E-state index in [9.17, 15) is 0 Å². The fraction of sp³-hybridized carbons (Fsp3) is 0.350. The molecule has 4 rings (SSSR count). The Morgan fingerprint density at radius 2 is 1.75 bits per heavy atom. The molecule has 2 aromatic heterocycles. The van der Waals surface area contributed by atoms with E-state index in [1.165, 1.54) is 23.3 Å². The van der Waals surface area contributed by atoms with Crippen LogP contribution >= 0.6 is 11.3 Å². The van der Waals surface area contributed by atoms with Crippen molar-refractivity contribution < 1.29 is 14.2 Å². The van der Waals surface area contributed by atoms with Gasteiger partial charge in [0, 0.05) is 16.5 Å². The second-order valence-electron chi connectivity index (χ2n) is 6.43. The van der Waals surface area contributed by atoms with E-state index < -0.39 is 0 Å².